The van der Waals surface area contributed by atoms with E-state index >= 15 is 0 Å². The molecule has 0 spiro atoms. The van der Waals surface area contributed by atoms with E-state index in [0.29, 0.717) is 0 Å². The third-order valence-corrected chi connectivity index (χ3v) is 2.67. The lowest BCUT2D eigenvalue weighted by Crippen LogP contribution is -2.00. The molecule has 5 nitrogen and oxygen atoms in total. The van der Waals surface area contributed by atoms with Crippen molar-refractivity contribution in [1.82, 2.24) is 9.97 Å². The molecule has 0 amide bonds. The average Bonchev–Trinajstić information content (AvgIpc) is 2.47. The second-order valence-electron chi connectivity index (χ2n) is 3.92. The quantitative estimate of drug-likeness (QED) is 0.894. The number of anilines is 1. The molecule has 100 valence electrons. The molecule has 0 fully saturated rings. The summed E-state index contributed by atoms with van der Waals surface area (Å²) < 4.78 is 10.5. The Morgan fingerprint density at radius 3 is 2.26 bits per heavy atom. The maximum absolute atomic E-state index is 5.26. The lowest BCUT2D eigenvalue weighted by atomic mass is 10.1. The van der Waals surface area contributed by atoms with Gasteiger partial charge in [0.15, 0.2) is 0 Å². The van der Waals surface area contributed by atoms with Gasteiger partial charge in [-0.1, -0.05) is 0 Å². The van der Waals surface area contributed by atoms with E-state index in [2.05, 4.69) is 15.3 Å². The Kier molecular flexibility index (Phi) is 4.18. The molecule has 1 aromatic heterocycles. The molecule has 2 rings (SSSR count). The molecular formula is C14H17N3O2. The largest absolute Gasteiger partial charge is 0.497 e. The summed E-state index contributed by atoms with van der Waals surface area (Å²) >= 11 is 0. The van der Waals surface area contributed by atoms with Gasteiger partial charge < -0.3 is 14.8 Å². The minimum Gasteiger partial charge on any atom is -0.497 e. The highest BCUT2D eigenvalue weighted by molar-refractivity contribution is 5.66. The second kappa shape index (κ2) is 6.04. The molecular weight excluding hydrogens is 242 g/mol. The van der Waals surface area contributed by atoms with E-state index < -0.39 is 0 Å². The summed E-state index contributed by atoms with van der Waals surface area (Å²) in [5, 5.41) is 3.16. The Bertz CT molecular complexity index is 536. The summed E-state index contributed by atoms with van der Waals surface area (Å²) in [4.78, 5) is 8.44. The molecule has 0 saturated carbocycles. The van der Waals surface area contributed by atoms with Crippen LogP contribution in [0.1, 0.15) is 6.92 Å². The minimum atomic E-state index is 0.734. The zero-order valence-corrected chi connectivity index (χ0v) is 11.3. The van der Waals surface area contributed by atoms with Gasteiger partial charge in [0.2, 0.25) is 0 Å². The van der Waals surface area contributed by atoms with Crippen LogP contribution in [0.4, 0.5) is 5.82 Å². The van der Waals surface area contributed by atoms with Crippen LogP contribution in [0.2, 0.25) is 0 Å². The van der Waals surface area contributed by atoms with Gasteiger partial charge in [-0.3, -0.25) is 0 Å². The maximum Gasteiger partial charge on any atom is 0.129 e. The van der Waals surface area contributed by atoms with Gasteiger partial charge in [0, 0.05) is 24.2 Å². The summed E-state index contributed by atoms with van der Waals surface area (Å²) in [6.45, 7) is 2.84. The normalized spacial score (nSPS) is 10.1. The number of rotatable bonds is 5. The molecule has 1 heterocycles. The molecule has 1 N–H and O–H groups in total. The van der Waals surface area contributed by atoms with Crippen molar-refractivity contribution in [3.8, 4) is 22.8 Å². The van der Waals surface area contributed by atoms with Crippen molar-refractivity contribution < 1.29 is 9.47 Å². The van der Waals surface area contributed by atoms with E-state index in [1.165, 1.54) is 0 Å². The van der Waals surface area contributed by atoms with Gasteiger partial charge in [-0.25, -0.2) is 9.97 Å². The SMILES string of the molecule is CCNc1cc(-c2cc(OC)cc(OC)c2)ncn1. The summed E-state index contributed by atoms with van der Waals surface area (Å²) in [6, 6.07) is 7.56. The van der Waals surface area contributed by atoms with Crippen molar-refractivity contribution in [3.63, 3.8) is 0 Å². The smallest absolute Gasteiger partial charge is 0.129 e. The third-order valence-electron chi connectivity index (χ3n) is 2.67. The molecule has 0 radical (unpaired) electrons. The van der Waals surface area contributed by atoms with Crippen molar-refractivity contribution >= 4 is 5.82 Å². The second-order valence-corrected chi connectivity index (χ2v) is 3.92. The van der Waals surface area contributed by atoms with Crippen LogP contribution in [0.5, 0.6) is 11.5 Å². The maximum atomic E-state index is 5.26. The van der Waals surface area contributed by atoms with Gasteiger partial charge in [0.25, 0.3) is 0 Å². The van der Waals surface area contributed by atoms with Gasteiger partial charge in [-0.2, -0.15) is 0 Å². The minimum absolute atomic E-state index is 0.734. The van der Waals surface area contributed by atoms with Gasteiger partial charge in [0.1, 0.15) is 23.6 Å². The van der Waals surface area contributed by atoms with Crippen molar-refractivity contribution in [2.75, 3.05) is 26.1 Å². The third kappa shape index (κ3) is 3.13. The zero-order chi connectivity index (χ0) is 13.7. The van der Waals surface area contributed by atoms with Gasteiger partial charge >= 0.3 is 0 Å². The van der Waals surface area contributed by atoms with Crippen LogP contribution < -0.4 is 14.8 Å². The number of methoxy groups -OCH3 is 2. The van der Waals surface area contributed by atoms with E-state index in [-0.39, 0.29) is 0 Å². The molecule has 0 saturated heterocycles. The molecule has 1 aromatic carbocycles. The highest BCUT2D eigenvalue weighted by Crippen LogP contribution is 2.29. The van der Waals surface area contributed by atoms with Crippen LogP contribution in [0.3, 0.4) is 0 Å². The molecule has 0 atom stereocenters. The van der Waals surface area contributed by atoms with E-state index in [0.717, 1.165) is 35.1 Å². The predicted octanol–water partition coefficient (Wildman–Crippen LogP) is 2.59. The number of nitrogens with zero attached hydrogens (tertiary/aromatic N) is 2. The van der Waals surface area contributed by atoms with Crippen molar-refractivity contribution in [3.05, 3.63) is 30.6 Å². The first-order valence-electron chi connectivity index (χ1n) is 6.06. The first-order valence-corrected chi connectivity index (χ1v) is 6.06. The summed E-state index contributed by atoms with van der Waals surface area (Å²) in [6.07, 6.45) is 1.54. The number of hydrogen-bond donors (Lipinski definition) is 1. The molecule has 19 heavy (non-hydrogen) atoms. The van der Waals surface area contributed by atoms with Gasteiger partial charge in [-0.05, 0) is 19.1 Å². The van der Waals surface area contributed by atoms with E-state index in [9.17, 15) is 0 Å². The highest BCUT2D eigenvalue weighted by Gasteiger charge is 2.06. The Morgan fingerprint density at radius 1 is 1.00 bits per heavy atom. The number of nitrogens with one attached hydrogen (secondary N) is 1. The Labute approximate surface area is 112 Å². The Balaban J connectivity index is 2.42. The summed E-state index contributed by atoms with van der Waals surface area (Å²) in [5.41, 5.74) is 1.75. The van der Waals surface area contributed by atoms with E-state index in [1.54, 1.807) is 20.5 Å². The fourth-order valence-corrected chi connectivity index (χ4v) is 1.75. The van der Waals surface area contributed by atoms with Crippen LogP contribution in [0.25, 0.3) is 11.3 Å². The predicted molar refractivity (Wildman–Crippen MR) is 74.7 cm³/mol. The molecule has 0 aliphatic rings. The number of ether oxygens (including phenoxy) is 2. The van der Waals surface area contributed by atoms with Crippen molar-refractivity contribution in [1.29, 1.82) is 0 Å². The first-order chi connectivity index (χ1) is 9.26. The fraction of sp³-hybridized carbons (Fsp3) is 0.286. The Hall–Kier alpha value is -2.30. The van der Waals surface area contributed by atoms with Crippen LogP contribution in [0.15, 0.2) is 30.6 Å². The lowest BCUT2D eigenvalue weighted by molar-refractivity contribution is 0.394. The fourth-order valence-electron chi connectivity index (χ4n) is 1.75. The van der Waals surface area contributed by atoms with Crippen molar-refractivity contribution in [2.45, 2.75) is 6.92 Å². The number of hydrogen-bond acceptors (Lipinski definition) is 5. The van der Waals surface area contributed by atoms with E-state index in [1.807, 2.05) is 31.2 Å². The summed E-state index contributed by atoms with van der Waals surface area (Å²) in [7, 11) is 3.26. The van der Waals surface area contributed by atoms with Gasteiger partial charge in [-0.15, -0.1) is 0 Å². The van der Waals surface area contributed by atoms with Crippen LogP contribution in [-0.2, 0) is 0 Å². The van der Waals surface area contributed by atoms with Crippen LogP contribution >= 0.6 is 0 Å². The molecule has 0 aliphatic heterocycles. The lowest BCUT2D eigenvalue weighted by Gasteiger charge is -2.09. The molecule has 0 aliphatic carbocycles. The van der Waals surface area contributed by atoms with Gasteiger partial charge in [0.05, 0.1) is 19.9 Å². The molecule has 2 aromatic rings. The average molecular weight is 259 g/mol. The summed E-state index contributed by atoms with van der Waals surface area (Å²) in [5.74, 6) is 2.27. The van der Waals surface area contributed by atoms with E-state index in [4.69, 9.17) is 9.47 Å². The molecule has 0 unspecified atom stereocenters. The molecule has 0 bridgehead atoms. The van der Waals surface area contributed by atoms with Crippen molar-refractivity contribution in [2.24, 2.45) is 0 Å². The monoisotopic (exact) mass is 259 g/mol. The number of aromatic nitrogens is 2. The van der Waals surface area contributed by atoms with Crippen LogP contribution in [0, 0.1) is 0 Å². The number of benzene rings is 1. The zero-order valence-electron chi connectivity index (χ0n) is 11.3. The molecule has 5 heteroatoms. The first kappa shape index (κ1) is 13.1. The van der Waals surface area contributed by atoms with Crippen LogP contribution in [-0.4, -0.2) is 30.7 Å². The Morgan fingerprint density at radius 2 is 1.68 bits per heavy atom. The standard InChI is InChI=1S/C14H17N3O2/c1-4-15-14-8-13(16-9-17-14)10-5-11(18-2)7-12(6-10)19-3/h5-9H,4H2,1-3H3,(H,15,16,17). The highest BCUT2D eigenvalue weighted by atomic mass is 16.5. The topological polar surface area (TPSA) is 56.3 Å².